The number of benzene rings is 2. The van der Waals surface area contributed by atoms with Crippen molar-refractivity contribution in [1.82, 2.24) is 0 Å². The molecule has 0 fully saturated rings. The summed E-state index contributed by atoms with van der Waals surface area (Å²) in [5.41, 5.74) is 2.03. The Kier molecular flexibility index (Phi) is 4.66. The summed E-state index contributed by atoms with van der Waals surface area (Å²) in [5.74, 6) is 2.38. The zero-order chi connectivity index (χ0) is 14.4. The summed E-state index contributed by atoms with van der Waals surface area (Å²) in [6.45, 7) is 0. The van der Waals surface area contributed by atoms with E-state index in [1.54, 1.807) is 21.3 Å². The van der Waals surface area contributed by atoms with E-state index in [4.69, 9.17) is 14.2 Å². The van der Waals surface area contributed by atoms with Crippen molar-refractivity contribution in [1.29, 1.82) is 0 Å². The van der Waals surface area contributed by atoms with Gasteiger partial charge in [0.15, 0.2) is 0 Å². The van der Waals surface area contributed by atoms with Gasteiger partial charge in [-0.3, -0.25) is 0 Å². The first-order valence-electron chi connectivity index (χ1n) is 6.31. The van der Waals surface area contributed by atoms with Crippen molar-refractivity contribution in [3.8, 4) is 17.2 Å². The zero-order valence-electron chi connectivity index (χ0n) is 11.9. The average molecular weight is 270 g/mol. The Bertz CT molecular complexity index is 581. The maximum Gasteiger partial charge on any atom is 0.126 e. The highest BCUT2D eigenvalue weighted by Gasteiger charge is 2.00. The van der Waals surface area contributed by atoms with Crippen molar-refractivity contribution in [2.75, 3.05) is 21.3 Å². The second-order valence-electron chi connectivity index (χ2n) is 4.22. The van der Waals surface area contributed by atoms with Crippen LogP contribution in [0.1, 0.15) is 11.1 Å². The third-order valence-electron chi connectivity index (χ3n) is 2.97. The molecule has 0 N–H and O–H groups in total. The molecule has 0 spiro atoms. The topological polar surface area (TPSA) is 27.7 Å². The van der Waals surface area contributed by atoms with Crippen molar-refractivity contribution in [3.05, 3.63) is 53.6 Å². The molecule has 0 amide bonds. The Morgan fingerprint density at radius 2 is 1.40 bits per heavy atom. The van der Waals surface area contributed by atoms with Crippen LogP contribution in [0, 0.1) is 0 Å². The first kappa shape index (κ1) is 14.0. The molecule has 2 aromatic carbocycles. The summed E-state index contributed by atoms with van der Waals surface area (Å²) in [7, 11) is 4.95. The molecular weight excluding hydrogens is 252 g/mol. The van der Waals surface area contributed by atoms with Crippen LogP contribution in [-0.2, 0) is 0 Å². The van der Waals surface area contributed by atoms with Crippen molar-refractivity contribution < 1.29 is 14.2 Å². The van der Waals surface area contributed by atoms with E-state index in [0.717, 1.165) is 28.4 Å². The molecule has 104 valence electrons. The van der Waals surface area contributed by atoms with E-state index in [-0.39, 0.29) is 0 Å². The van der Waals surface area contributed by atoms with Crippen molar-refractivity contribution in [2.45, 2.75) is 0 Å². The van der Waals surface area contributed by atoms with Gasteiger partial charge < -0.3 is 14.2 Å². The normalized spacial score (nSPS) is 10.6. The van der Waals surface area contributed by atoms with E-state index in [0.29, 0.717) is 0 Å². The minimum absolute atomic E-state index is 0.768. The van der Waals surface area contributed by atoms with Crippen LogP contribution in [0.2, 0.25) is 0 Å². The SMILES string of the molecule is COc1cc(C=Cc2ccccc2OC)cc(OC)c1. The summed E-state index contributed by atoms with van der Waals surface area (Å²) < 4.78 is 15.8. The fourth-order valence-corrected chi connectivity index (χ4v) is 1.92. The summed E-state index contributed by atoms with van der Waals surface area (Å²) in [6, 6.07) is 13.6. The highest BCUT2D eigenvalue weighted by molar-refractivity contribution is 5.73. The molecule has 0 bridgehead atoms. The van der Waals surface area contributed by atoms with E-state index in [1.165, 1.54) is 0 Å². The molecule has 0 aliphatic rings. The van der Waals surface area contributed by atoms with Crippen LogP contribution < -0.4 is 14.2 Å². The molecule has 0 saturated heterocycles. The van der Waals surface area contributed by atoms with Crippen LogP contribution in [0.3, 0.4) is 0 Å². The van der Waals surface area contributed by atoms with Crippen molar-refractivity contribution in [3.63, 3.8) is 0 Å². The largest absolute Gasteiger partial charge is 0.497 e. The molecule has 0 saturated carbocycles. The number of para-hydroxylation sites is 1. The molecule has 0 unspecified atom stereocenters. The van der Waals surface area contributed by atoms with Crippen LogP contribution in [0.4, 0.5) is 0 Å². The van der Waals surface area contributed by atoms with Gasteiger partial charge in [0.05, 0.1) is 21.3 Å². The first-order valence-corrected chi connectivity index (χ1v) is 6.31. The molecule has 2 rings (SSSR count). The van der Waals surface area contributed by atoms with E-state index in [2.05, 4.69) is 0 Å². The highest BCUT2D eigenvalue weighted by atomic mass is 16.5. The number of hydrogen-bond donors (Lipinski definition) is 0. The van der Waals surface area contributed by atoms with Gasteiger partial charge in [0, 0.05) is 11.6 Å². The van der Waals surface area contributed by atoms with E-state index in [9.17, 15) is 0 Å². The number of rotatable bonds is 5. The van der Waals surface area contributed by atoms with Crippen LogP contribution in [0.5, 0.6) is 17.2 Å². The van der Waals surface area contributed by atoms with E-state index < -0.39 is 0 Å². The Morgan fingerprint density at radius 3 is 2.00 bits per heavy atom. The molecule has 2 aromatic rings. The summed E-state index contributed by atoms with van der Waals surface area (Å²) in [6.07, 6.45) is 4.01. The lowest BCUT2D eigenvalue weighted by Crippen LogP contribution is -1.88. The van der Waals surface area contributed by atoms with E-state index in [1.807, 2.05) is 54.6 Å². The minimum atomic E-state index is 0.768. The lowest BCUT2D eigenvalue weighted by molar-refractivity contribution is 0.394. The van der Waals surface area contributed by atoms with E-state index >= 15 is 0 Å². The summed E-state index contributed by atoms with van der Waals surface area (Å²) in [5, 5.41) is 0. The monoisotopic (exact) mass is 270 g/mol. The molecule has 3 nitrogen and oxygen atoms in total. The van der Waals surface area contributed by atoms with Gasteiger partial charge in [-0.15, -0.1) is 0 Å². The molecule has 3 heteroatoms. The van der Waals surface area contributed by atoms with Crippen LogP contribution in [0.25, 0.3) is 12.2 Å². The predicted octanol–water partition coefficient (Wildman–Crippen LogP) is 3.88. The van der Waals surface area contributed by atoms with Crippen LogP contribution in [0.15, 0.2) is 42.5 Å². The fraction of sp³-hybridized carbons (Fsp3) is 0.176. The molecule has 0 atom stereocenters. The third kappa shape index (κ3) is 3.32. The van der Waals surface area contributed by atoms with Gasteiger partial charge in [-0.2, -0.15) is 0 Å². The van der Waals surface area contributed by atoms with Gasteiger partial charge in [0.25, 0.3) is 0 Å². The first-order chi connectivity index (χ1) is 9.76. The third-order valence-corrected chi connectivity index (χ3v) is 2.97. The minimum Gasteiger partial charge on any atom is -0.497 e. The number of methoxy groups -OCH3 is 3. The van der Waals surface area contributed by atoms with Gasteiger partial charge >= 0.3 is 0 Å². The molecule has 0 aliphatic carbocycles. The van der Waals surface area contributed by atoms with Crippen LogP contribution in [-0.4, -0.2) is 21.3 Å². The molecule has 0 radical (unpaired) electrons. The predicted molar refractivity (Wildman–Crippen MR) is 81.5 cm³/mol. The van der Waals surface area contributed by atoms with Gasteiger partial charge in [0.1, 0.15) is 17.2 Å². The lowest BCUT2D eigenvalue weighted by atomic mass is 10.1. The Hall–Kier alpha value is -2.42. The maximum atomic E-state index is 5.32. The molecule has 0 heterocycles. The van der Waals surface area contributed by atoms with Crippen molar-refractivity contribution >= 4 is 12.2 Å². The Balaban J connectivity index is 2.31. The smallest absolute Gasteiger partial charge is 0.126 e. The average Bonchev–Trinajstić information content (AvgIpc) is 2.52. The van der Waals surface area contributed by atoms with Gasteiger partial charge in [-0.1, -0.05) is 30.4 Å². The Morgan fingerprint density at radius 1 is 0.750 bits per heavy atom. The Labute approximate surface area is 119 Å². The number of ether oxygens (including phenoxy) is 3. The van der Waals surface area contributed by atoms with Crippen LogP contribution >= 0.6 is 0 Å². The van der Waals surface area contributed by atoms with Crippen molar-refractivity contribution in [2.24, 2.45) is 0 Å². The second-order valence-corrected chi connectivity index (χ2v) is 4.22. The lowest BCUT2D eigenvalue weighted by Gasteiger charge is -2.06. The standard InChI is InChI=1S/C17H18O3/c1-18-15-10-13(11-16(12-15)19-2)8-9-14-6-4-5-7-17(14)20-3/h4-12H,1-3H3. The highest BCUT2D eigenvalue weighted by Crippen LogP contribution is 2.25. The van der Waals surface area contributed by atoms with Gasteiger partial charge in [-0.05, 0) is 23.8 Å². The quantitative estimate of drug-likeness (QED) is 0.772. The molecule has 0 aliphatic heterocycles. The fourth-order valence-electron chi connectivity index (χ4n) is 1.92. The molecule has 0 aromatic heterocycles. The number of hydrogen-bond acceptors (Lipinski definition) is 3. The second kappa shape index (κ2) is 6.66. The molecule has 20 heavy (non-hydrogen) atoms. The summed E-state index contributed by atoms with van der Waals surface area (Å²) in [4.78, 5) is 0. The summed E-state index contributed by atoms with van der Waals surface area (Å²) >= 11 is 0. The van der Waals surface area contributed by atoms with Gasteiger partial charge in [-0.25, -0.2) is 0 Å². The zero-order valence-corrected chi connectivity index (χ0v) is 11.9. The molecular formula is C17H18O3. The maximum absolute atomic E-state index is 5.32. The van der Waals surface area contributed by atoms with Gasteiger partial charge in [0.2, 0.25) is 0 Å².